The van der Waals surface area contributed by atoms with Gasteiger partial charge >= 0.3 is 5.97 Å². The highest BCUT2D eigenvalue weighted by atomic mass is 35.5. The quantitative estimate of drug-likeness (QED) is 0.668. The Morgan fingerprint density at radius 3 is 2.54 bits per heavy atom. The first-order chi connectivity index (χ1) is 11.5. The van der Waals surface area contributed by atoms with Crippen LogP contribution in [0, 0.1) is 6.92 Å². The molecule has 122 valence electrons. The van der Waals surface area contributed by atoms with Crippen LogP contribution in [-0.4, -0.2) is 11.1 Å². The number of benzene rings is 2. The van der Waals surface area contributed by atoms with Crippen molar-refractivity contribution in [2.45, 2.75) is 13.5 Å². The highest BCUT2D eigenvalue weighted by molar-refractivity contribution is 6.30. The summed E-state index contributed by atoms with van der Waals surface area (Å²) < 4.78 is 5.83. The molecule has 0 fully saturated rings. The topological polar surface area (TPSA) is 62.5 Å². The van der Waals surface area contributed by atoms with Gasteiger partial charge in [-0.25, -0.2) is 4.79 Å². The first kappa shape index (κ1) is 16.1. The number of halogens is 1. The number of carboxylic acids is 1. The standard InChI is InChI=1S/C19H16ClNO3/c1-12-10-14(19(22)23)4-8-17(12)21-11-16-7-9-18(24-16)13-2-5-15(20)6-3-13/h2-10,21H,11H2,1H3,(H,22,23). The van der Waals surface area contributed by atoms with Crippen molar-refractivity contribution in [1.82, 2.24) is 0 Å². The Morgan fingerprint density at radius 1 is 1.12 bits per heavy atom. The molecule has 0 unspecified atom stereocenters. The molecule has 0 aliphatic carbocycles. The zero-order valence-electron chi connectivity index (χ0n) is 13.0. The van der Waals surface area contributed by atoms with Crippen molar-refractivity contribution in [3.8, 4) is 11.3 Å². The zero-order chi connectivity index (χ0) is 17.1. The van der Waals surface area contributed by atoms with E-state index in [1.165, 1.54) is 0 Å². The number of rotatable bonds is 5. The molecule has 24 heavy (non-hydrogen) atoms. The molecule has 0 aliphatic rings. The van der Waals surface area contributed by atoms with Crippen molar-refractivity contribution in [2.75, 3.05) is 5.32 Å². The van der Waals surface area contributed by atoms with Crippen molar-refractivity contribution in [3.63, 3.8) is 0 Å². The normalized spacial score (nSPS) is 10.6. The largest absolute Gasteiger partial charge is 0.478 e. The van der Waals surface area contributed by atoms with Gasteiger partial charge in [-0.3, -0.25) is 0 Å². The summed E-state index contributed by atoms with van der Waals surface area (Å²) in [6, 6.07) is 16.3. The highest BCUT2D eigenvalue weighted by Crippen LogP contribution is 2.25. The van der Waals surface area contributed by atoms with E-state index in [4.69, 9.17) is 21.1 Å². The number of nitrogens with one attached hydrogen (secondary N) is 1. The van der Waals surface area contributed by atoms with Crippen molar-refractivity contribution < 1.29 is 14.3 Å². The van der Waals surface area contributed by atoms with Gasteiger partial charge in [-0.15, -0.1) is 0 Å². The Hall–Kier alpha value is -2.72. The van der Waals surface area contributed by atoms with Gasteiger partial charge in [-0.05, 0) is 67.1 Å². The van der Waals surface area contributed by atoms with Crippen LogP contribution in [0.2, 0.25) is 5.02 Å². The number of hydrogen-bond donors (Lipinski definition) is 2. The van der Waals surface area contributed by atoms with Crippen molar-refractivity contribution in [2.24, 2.45) is 0 Å². The van der Waals surface area contributed by atoms with Gasteiger partial charge in [-0.1, -0.05) is 11.6 Å². The summed E-state index contributed by atoms with van der Waals surface area (Å²) in [6.07, 6.45) is 0. The number of hydrogen-bond acceptors (Lipinski definition) is 3. The molecule has 0 aliphatic heterocycles. The number of carboxylic acid groups (broad SMARTS) is 1. The summed E-state index contributed by atoms with van der Waals surface area (Å²) in [4.78, 5) is 11.0. The van der Waals surface area contributed by atoms with Gasteiger partial charge in [0, 0.05) is 16.3 Å². The molecule has 1 heterocycles. The molecule has 5 heteroatoms. The van der Waals surface area contributed by atoms with E-state index in [2.05, 4.69) is 5.32 Å². The summed E-state index contributed by atoms with van der Waals surface area (Å²) in [7, 11) is 0. The second kappa shape index (κ2) is 6.81. The van der Waals surface area contributed by atoms with Crippen LogP contribution in [0.15, 0.2) is 59.0 Å². The maximum absolute atomic E-state index is 11.0. The molecule has 0 radical (unpaired) electrons. The summed E-state index contributed by atoms with van der Waals surface area (Å²) in [6.45, 7) is 2.39. The molecule has 2 aromatic carbocycles. The van der Waals surface area contributed by atoms with Crippen LogP contribution >= 0.6 is 11.6 Å². The molecule has 0 amide bonds. The van der Waals surface area contributed by atoms with Gasteiger partial charge < -0.3 is 14.8 Å². The van der Waals surface area contributed by atoms with E-state index in [1.807, 2.05) is 43.3 Å². The average molecular weight is 342 g/mol. The molecule has 0 bridgehead atoms. The summed E-state index contributed by atoms with van der Waals surface area (Å²) in [5.41, 5.74) is 3.00. The average Bonchev–Trinajstić information content (AvgIpc) is 3.03. The molecule has 0 saturated carbocycles. The number of furan rings is 1. The van der Waals surface area contributed by atoms with E-state index in [0.717, 1.165) is 28.3 Å². The fourth-order valence-corrected chi connectivity index (χ4v) is 2.55. The molecule has 0 spiro atoms. The van der Waals surface area contributed by atoms with Crippen LogP contribution in [0.3, 0.4) is 0 Å². The lowest BCUT2D eigenvalue weighted by Gasteiger charge is -2.09. The third kappa shape index (κ3) is 3.60. The Morgan fingerprint density at radius 2 is 1.88 bits per heavy atom. The van der Waals surface area contributed by atoms with E-state index in [1.54, 1.807) is 18.2 Å². The molecule has 0 atom stereocenters. The Balaban J connectivity index is 1.69. The monoisotopic (exact) mass is 341 g/mol. The van der Waals surface area contributed by atoms with Crippen LogP contribution in [0.25, 0.3) is 11.3 Å². The SMILES string of the molecule is Cc1cc(C(=O)O)ccc1NCc1ccc(-c2ccc(Cl)cc2)o1. The van der Waals surface area contributed by atoms with Crippen LogP contribution in [-0.2, 0) is 6.54 Å². The molecule has 2 N–H and O–H groups in total. The summed E-state index contributed by atoms with van der Waals surface area (Å²) in [5, 5.41) is 12.9. The fraction of sp³-hybridized carbons (Fsp3) is 0.105. The predicted molar refractivity (Wildman–Crippen MR) is 94.6 cm³/mol. The number of carbonyl (C=O) groups is 1. The third-order valence-electron chi connectivity index (χ3n) is 3.72. The maximum Gasteiger partial charge on any atom is 0.335 e. The van der Waals surface area contributed by atoms with Gasteiger partial charge in [0.25, 0.3) is 0 Å². The zero-order valence-corrected chi connectivity index (χ0v) is 13.8. The van der Waals surface area contributed by atoms with Gasteiger partial charge in [0.1, 0.15) is 11.5 Å². The smallest absolute Gasteiger partial charge is 0.335 e. The van der Waals surface area contributed by atoms with Gasteiger partial charge in [0.15, 0.2) is 0 Å². The Kier molecular flexibility index (Phi) is 4.58. The van der Waals surface area contributed by atoms with Crippen LogP contribution in [0.5, 0.6) is 0 Å². The second-order valence-electron chi connectivity index (χ2n) is 5.46. The summed E-state index contributed by atoms with van der Waals surface area (Å²) in [5.74, 6) is 0.645. The van der Waals surface area contributed by atoms with Crippen LogP contribution in [0.4, 0.5) is 5.69 Å². The Labute approximate surface area is 144 Å². The lowest BCUT2D eigenvalue weighted by atomic mass is 10.1. The fourth-order valence-electron chi connectivity index (χ4n) is 2.42. The molecule has 0 saturated heterocycles. The summed E-state index contributed by atoms with van der Waals surface area (Å²) >= 11 is 5.89. The highest BCUT2D eigenvalue weighted by Gasteiger charge is 2.08. The number of anilines is 1. The maximum atomic E-state index is 11.0. The van der Waals surface area contributed by atoms with Crippen LogP contribution < -0.4 is 5.32 Å². The number of aromatic carboxylic acids is 1. The van der Waals surface area contributed by atoms with Crippen molar-refractivity contribution in [1.29, 1.82) is 0 Å². The van der Waals surface area contributed by atoms with Crippen molar-refractivity contribution in [3.05, 3.63) is 76.5 Å². The van der Waals surface area contributed by atoms with Crippen molar-refractivity contribution >= 4 is 23.3 Å². The molecular formula is C19H16ClNO3. The molecular weight excluding hydrogens is 326 g/mol. The van der Waals surface area contributed by atoms with Crippen LogP contribution in [0.1, 0.15) is 21.7 Å². The predicted octanol–water partition coefficient (Wildman–Crippen LogP) is 5.22. The minimum absolute atomic E-state index is 0.279. The number of aryl methyl sites for hydroxylation is 1. The van der Waals surface area contributed by atoms with E-state index < -0.39 is 5.97 Å². The Bertz CT molecular complexity index is 869. The lowest BCUT2D eigenvalue weighted by Crippen LogP contribution is -2.02. The lowest BCUT2D eigenvalue weighted by molar-refractivity contribution is 0.0697. The van der Waals surface area contributed by atoms with Gasteiger partial charge in [0.2, 0.25) is 0 Å². The first-order valence-corrected chi connectivity index (χ1v) is 7.83. The minimum atomic E-state index is -0.928. The van der Waals surface area contributed by atoms with E-state index >= 15 is 0 Å². The molecule has 3 rings (SSSR count). The minimum Gasteiger partial charge on any atom is -0.478 e. The van der Waals surface area contributed by atoms with E-state index in [0.29, 0.717) is 11.6 Å². The van der Waals surface area contributed by atoms with E-state index in [9.17, 15) is 4.79 Å². The third-order valence-corrected chi connectivity index (χ3v) is 3.97. The second-order valence-corrected chi connectivity index (χ2v) is 5.90. The van der Waals surface area contributed by atoms with Gasteiger partial charge in [-0.2, -0.15) is 0 Å². The van der Waals surface area contributed by atoms with Gasteiger partial charge in [0.05, 0.1) is 12.1 Å². The van der Waals surface area contributed by atoms with E-state index in [-0.39, 0.29) is 5.56 Å². The molecule has 3 aromatic rings. The first-order valence-electron chi connectivity index (χ1n) is 7.45. The molecule has 1 aromatic heterocycles. The molecule has 4 nitrogen and oxygen atoms in total.